The van der Waals surface area contributed by atoms with Gasteiger partial charge in [0.1, 0.15) is 0 Å². The molecule has 0 saturated carbocycles. The second-order valence-electron chi connectivity index (χ2n) is 6.78. The summed E-state index contributed by atoms with van der Waals surface area (Å²) in [7, 11) is -0.678. The van der Waals surface area contributed by atoms with Gasteiger partial charge in [-0.15, -0.1) is 0 Å². The van der Waals surface area contributed by atoms with E-state index < -0.39 is 33.2 Å². The summed E-state index contributed by atoms with van der Waals surface area (Å²) >= 11 is -2.40. The monoisotopic (exact) mass is 624 g/mol. The summed E-state index contributed by atoms with van der Waals surface area (Å²) in [5.74, 6) is 2.11. The molecule has 0 aromatic rings. The van der Waals surface area contributed by atoms with Gasteiger partial charge in [0.25, 0.3) is 0 Å². The Morgan fingerprint density at radius 2 is 0.742 bits per heavy atom. The molecule has 0 aliphatic rings. The average molecular weight is 624 g/mol. The van der Waals surface area contributed by atoms with Gasteiger partial charge in [-0.25, -0.2) is 0 Å². The Labute approximate surface area is 204 Å². The maximum atomic E-state index is 6.05. The van der Waals surface area contributed by atoms with Crippen LogP contribution in [0.15, 0.2) is 0 Å². The zero-order valence-electron chi connectivity index (χ0n) is 21.3. The molecule has 0 amide bonds. The van der Waals surface area contributed by atoms with E-state index in [0.29, 0.717) is 39.6 Å². The van der Waals surface area contributed by atoms with E-state index in [2.05, 4.69) is 31.7 Å². The molecule has 0 N–H and O–H groups in total. The van der Waals surface area contributed by atoms with Crippen molar-refractivity contribution in [1.29, 1.82) is 0 Å². The van der Waals surface area contributed by atoms with Gasteiger partial charge in [0, 0.05) is 0 Å². The van der Waals surface area contributed by atoms with Crippen molar-refractivity contribution in [3.05, 3.63) is 0 Å². The third kappa shape index (κ3) is 12.3. The Morgan fingerprint density at radius 3 is 0.935 bits per heavy atom. The van der Waals surface area contributed by atoms with E-state index >= 15 is 0 Å². The van der Waals surface area contributed by atoms with E-state index in [4.69, 9.17) is 26.6 Å². The first-order valence-electron chi connectivity index (χ1n) is 12.0. The van der Waals surface area contributed by atoms with Crippen molar-refractivity contribution in [1.82, 2.24) is 0 Å². The SMILES string of the molecule is CCO[Si](CC[S][Sn]([CH2]C)([CH2]C)[S]CC[Si](OCC)(OCC)OCC)(OCC)OCC. The van der Waals surface area contributed by atoms with Gasteiger partial charge in [0.15, 0.2) is 0 Å². The molecule has 0 rings (SSSR count). The molecule has 0 radical (unpaired) electrons. The summed E-state index contributed by atoms with van der Waals surface area (Å²) in [5.41, 5.74) is 0. The van der Waals surface area contributed by atoms with Gasteiger partial charge in [0.2, 0.25) is 0 Å². The minimum absolute atomic E-state index is 0.639. The van der Waals surface area contributed by atoms with Crippen LogP contribution in [0.3, 0.4) is 0 Å². The predicted molar refractivity (Wildman–Crippen MR) is 143 cm³/mol. The van der Waals surface area contributed by atoms with E-state index in [1.807, 2.05) is 41.5 Å². The normalized spacial score (nSPS) is 13.2. The molecule has 0 aliphatic heterocycles. The first kappa shape index (κ1) is 32.7. The summed E-state index contributed by atoms with van der Waals surface area (Å²) in [6.07, 6.45) is 0. The topological polar surface area (TPSA) is 55.4 Å². The molecule has 0 bridgehead atoms. The van der Waals surface area contributed by atoms with E-state index in [1.165, 1.54) is 8.87 Å². The van der Waals surface area contributed by atoms with Gasteiger partial charge < -0.3 is 0 Å². The zero-order valence-corrected chi connectivity index (χ0v) is 27.7. The summed E-state index contributed by atoms with van der Waals surface area (Å²) in [6.45, 7) is 20.7. The summed E-state index contributed by atoms with van der Waals surface area (Å²) in [5, 5.41) is 0. The van der Waals surface area contributed by atoms with Crippen LogP contribution in [-0.4, -0.2) is 84.4 Å². The van der Waals surface area contributed by atoms with E-state index in [1.54, 1.807) is 0 Å². The van der Waals surface area contributed by atoms with Gasteiger partial charge >= 0.3 is 205 Å². The minimum atomic E-state index is -2.56. The average Bonchev–Trinajstić information content (AvgIpc) is 2.74. The van der Waals surface area contributed by atoms with Crippen molar-refractivity contribution in [2.45, 2.75) is 76.4 Å². The molecule has 0 aromatic carbocycles. The van der Waals surface area contributed by atoms with E-state index in [0.717, 1.165) is 23.6 Å². The maximum absolute atomic E-state index is 6.05. The standard InChI is InChI=1S/2C8H20O3SSi.2C2H5.Sn/c2*1-4-9-13(8-7-12,10-5-2)11-6-3;2*1-2;/h2*12H,4-8H2,1-3H3;2*1H2,2H3;/q;;;;+2/p-2. The third-order valence-electron chi connectivity index (χ3n) is 4.81. The van der Waals surface area contributed by atoms with Crippen LogP contribution in [0.4, 0.5) is 0 Å². The van der Waals surface area contributed by atoms with Gasteiger partial charge in [-0.3, -0.25) is 0 Å². The fourth-order valence-electron chi connectivity index (χ4n) is 3.43. The Morgan fingerprint density at radius 1 is 0.484 bits per heavy atom. The summed E-state index contributed by atoms with van der Waals surface area (Å²) < 4.78 is 38.9. The molecule has 6 nitrogen and oxygen atoms in total. The van der Waals surface area contributed by atoms with Crippen LogP contribution in [0.2, 0.25) is 21.0 Å². The molecule has 0 heterocycles. The van der Waals surface area contributed by atoms with Crippen molar-refractivity contribution in [2.24, 2.45) is 0 Å². The Bertz CT molecular complexity index is 368. The summed E-state index contributed by atoms with van der Waals surface area (Å²) in [4.78, 5) is 0. The van der Waals surface area contributed by atoms with E-state index in [9.17, 15) is 0 Å². The van der Waals surface area contributed by atoms with Gasteiger partial charge in [-0.1, -0.05) is 0 Å². The van der Waals surface area contributed by atoms with Crippen LogP contribution >= 0.6 is 17.9 Å². The number of rotatable bonds is 22. The fourth-order valence-corrected chi connectivity index (χ4v) is 37.7. The Kier molecular flexibility index (Phi) is 20.0. The van der Waals surface area contributed by atoms with Crippen LogP contribution < -0.4 is 0 Å². The first-order valence-corrected chi connectivity index (χ1v) is 28.9. The molecular weight excluding hydrogens is 575 g/mol. The molecule has 11 heteroatoms. The Hall–Kier alpha value is 1.69. The van der Waals surface area contributed by atoms with Crippen molar-refractivity contribution >= 4 is 51.1 Å². The van der Waals surface area contributed by atoms with Crippen LogP contribution in [0.25, 0.3) is 0 Å². The van der Waals surface area contributed by atoms with Crippen LogP contribution in [0.1, 0.15) is 55.4 Å². The predicted octanol–water partition coefficient (Wildman–Crippen LogP) is 6.03. The van der Waals surface area contributed by atoms with E-state index in [-0.39, 0.29) is 0 Å². The Balaban J connectivity index is 5.05. The van der Waals surface area contributed by atoms with Crippen molar-refractivity contribution in [3.8, 4) is 0 Å². The van der Waals surface area contributed by atoms with Gasteiger partial charge in [-0.05, 0) is 0 Å². The second-order valence-corrected chi connectivity index (χ2v) is 40.0. The molecule has 0 unspecified atom stereocenters. The van der Waals surface area contributed by atoms with Crippen molar-refractivity contribution in [3.63, 3.8) is 0 Å². The molecule has 0 atom stereocenters. The second kappa shape index (κ2) is 18.9. The molecular formula is C20H48O6S2Si2Sn. The van der Waals surface area contributed by atoms with Crippen LogP contribution in [-0.2, 0) is 26.6 Å². The molecule has 0 spiro atoms. The molecule has 31 heavy (non-hydrogen) atoms. The van der Waals surface area contributed by atoms with Gasteiger partial charge in [0.05, 0.1) is 0 Å². The molecule has 0 saturated heterocycles. The third-order valence-corrected chi connectivity index (χ3v) is 44.6. The molecule has 0 aliphatic carbocycles. The van der Waals surface area contributed by atoms with Gasteiger partial charge in [-0.2, -0.15) is 0 Å². The molecule has 0 fully saturated rings. The fraction of sp³-hybridized carbons (Fsp3) is 1.00. The van der Waals surface area contributed by atoms with Crippen LogP contribution in [0, 0.1) is 0 Å². The quantitative estimate of drug-likeness (QED) is 0.136. The zero-order chi connectivity index (χ0) is 23.6. The van der Waals surface area contributed by atoms with Crippen molar-refractivity contribution in [2.75, 3.05) is 51.1 Å². The summed E-state index contributed by atoms with van der Waals surface area (Å²) in [6, 6.07) is 1.78. The first-order chi connectivity index (χ1) is 14.9. The van der Waals surface area contributed by atoms with Crippen molar-refractivity contribution < 1.29 is 26.6 Å². The van der Waals surface area contributed by atoms with Crippen LogP contribution in [0.5, 0.6) is 0 Å². The number of hydrogen-bond donors (Lipinski definition) is 0. The molecule has 188 valence electrons. The number of hydrogen-bond acceptors (Lipinski definition) is 8. The molecule has 0 aromatic heterocycles.